The van der Waals surface area contributed by atoms with Gasteiger partial charge in [0, 0.05) is 29.7 Å². The second-order valence-corrected chi connectivity index (χ2v) is 8.93. The van der Waals surface area contributed by atoms with E-state index in [4.69, 9.17) is 16.3 Å². The van der Waals surface area contributed by atoms with Crippen molar-refractivity contribution in [3.8, 4) is 0 Å². The van der Waals surface area contributed by atoms with Gasteiger partial charge in [0.1, 0.15) is 11.4 Å². The molecule has 0 N–H and O–H groups in total. The van der Waals surface area contributed by atoms with Gasteiger partial charge < -0.3 is 14.5 Å². The molecule has 1 aromatic rings. The summed E-state index contributed by atoms with van der Waals surface area (Å²) in [5.74, 6) is -0.656. The van der Waals surface area contributed by atoms with Gasteiger partial charge in [0.15, 0.2) is 0 Å². The highest BCUT2D eigenvalue weighted by molar-refractivity contribution is 14.1. The summed E-state index contributed by atoms with van der Waals surface area (Å²) in [6.45, 7) is 6.48. The highest BCUT2D eigenvalue weighted by Gasteiger charge is 2.31. The summed E-state index contributed by atoms with van der Waals surface area (Å²) in [5.41, 5.74) is -0.241. The molecule has 2 rings (SSSR count). The van der Waals surface area contributed by atoms with Crippen LogP contribution in [0.15, 0.2) is 12.1 Å². The molecule has 0 unspecified atom stereocenters. The van der Waals surface area contributed by atoms with Crippen molar-refractivity contribution in [3.63, 3.8) is 0 Å². The zero-order valence-electron chi connectivity index (χ0n) is 15.3. The van der Waals surface area contributed by atoms with Gasteiger partial charge in [0.2, 0.25) is 0 Å². The third-order valence-corrected chi connectivity index (χ3v) is 5.36. The molecule has 26 heavy (non-hydrogen) atoms. The lowest BCUT2D eigenvalue weighted by Crippen LogP contribution is -2.48. The van der Waals surface area contributed by atoms with E-state index >= 15 is 0 Å². The Morgan fingerprint density at radius 2 is 1.88 bits per heavy atom. The zero-order valence-corrected chi connectivity index (χ0v) is 18.2. The SMILES string of the molecule is CN(C(=O)OC(C)(C)C)C1CCN(C(=O)c2cc(I)c(F)cc2Cl)CC1. The average molecular weight is 497 g/mol. The van der Waals surface area contributed by atoms with E-state index in [1.54, 1.807) is 16.8 Å². The van der Waals surface area contributed by atoms with E-state index in [1.807, 2.05) is 43.4 Å². The maximum Gasteiger partial charge on any atom is 0.410 e. The van der Waals surface area contributed by atoms with E-state index in [9.17, 15) is 14.0 Å². The van der Waals surface area contributed by atoms with Crippen molar-refractivity contribution < 1.29 is 18.7 Å². The Hall–Kier alpha value is -1.09. The molecule has 0 aromatic heterocycles. The minimum Gasteiger partial charge on any atom is -0.444 e. The summed E-state index contributed by atoms with van der Waals surface area (Å²) in [7, 11) is 1.72. The number of carbonyl (C=O) groups is 2. The molecular weight excluding hydrogens is 474 g/mol. The standard InChI is InChI=1S/C18H23ClFIN2O3/c1-18(2,3)26-17(25)22(4)11-5-7-23(8-6-11)16(24)12-9-15(21)14(20)10-13(12)19/h9-11H,5-8H2,1-4H3. The summed E-state index contributed by atoms with van der Waals surface area (Å²) in [6.07, 6.45) is 0.938. The predicted molar refractivity (Wildman–Crippen MR) is 107 cm³/mol. The van der Waals surface area contributed by atoms with Crippen molar-refractivity contribution in [2.75, 3.05) is 20.1 Å². The Balaban J connectivity index is 1.99. The molecule has 0 bridgehead atoms. The summed E-state index contributed by atoms with van der Waals surface area (Å²) < 4.78 is 19.3. The Kier molecular flexibility index (Phi) is 6.76. The predicted octanol–water partition coefficient (Wildman–Crippen LogP) is 4.56. The smallest absolute Gasteiger partial charge is 0.410 e. The first-order valence-corrected chi connectivity index (χ1v) is 9.85. The maximum atomic E-state index is 13.5. The van der Waals surface area contributed by atoms with Crippen LogP contribution in [0.2, 0.25) is 5.02 Å². The normalized spacial score (nSPS) is 15.7. The Morgan fingerprint density at radius 3 is 2.42 bits per heavy atom. The number of hydrogen-bond acceptors (Lipinski definition) is 3. The number of ether oxygens (including phenoxy) is 1. The van der Waals surface area contributed by atoms with Crippen molar-refractivity contribution in [1.82, 2.24) is 9.80 Å². The van der Waals surface area contributed by atoms with Crippen molar-refractivity contribution in [1.29, 1.82) is 0 Å². The summed E-state index contributed by atoms with van der Waals surface area (Å²) in [6, 6.07) is 2.65. The summed E-state index contributed by atoms with van der Waals surface area (Å²) >= 11 is 7.88. The van der Waals surface area contributed by atoms with Crippen LogP contribution < -0.4 is 0 Å². The molecule has 1 fully saturated rings. The second kappa shape index (κ2) is 8.29. The molecule has 1 aliphatic rings. The lowest BCUT2D eigenvalue weighted by Gasteiger charge is -2.37. The van der Waals surface area contributed by atoms with E-state index in [0.29, 0.717) is 35.1 Å². The van der Waals surface area contributed by atoms with Gasteiger partial charge in [-0.1, -0.05) is 11.6 Å². The topological polar surface area (TPSA) is 49.9 Å². The van der Waals surface area contributed by atoms with Crippen LogP contribution in [-0.4, -0.2) is 53.6 Å². The van der Waals surface area contributed by atoms with Crippen LogP contribution in [0.25, 0.3) is 0 Å². The molecular formula is C18H23ClFIN2O3. The summed E-state index contributed by atoms with van der Waals surface area (Å²) in [4.78, 5) is 28.2. The van der Waals surface area contributed by atoms with Crippen molar-refractivity contribution in [3.05, 3.63) is 32.1 Å². The van der Waals surface area contributed by atoms with Gasteiger partial charge in [0.05, 0.1) is 10.6 Å². The van der Waals surface area contributed by atoms with Crippen LogP contribution in [-0.2, 0) is 4.74 Å². The van der Waals surface area contributed by atoms with Crippen LogP contribution >= 0.6 is 34.2 Å². The number of rotatable bonds is 2. The second-order valence-electron chi connectivity index (χ2n) is 7.36. The number of piperidine rings is 1. The minimum absolute atomic E-state index is 0.0118. The van der Waals surface area contributed by atoms with Crippen LogP contribution in [0.4, 0.5) is 9.18 Å². The molecule has 0 aliphatic carbocycles. The number of benzene rings is 1. The molecule has 0 atom stereocenters. The number of hydrogen-bond donors (Lipinski definition) is 0. The molecule has 1 heterocycles. The van der Waals surface area contributed by atoms with E-state index in [-0.39, 0.29) is 23.1 Å². The molecule has 1 aliphatic heterocycles. The van der Waals surface area contributed by atoms with Crippen LogP contribution in [0.1, 0.15) is 44.0 Å². The van der Waals surface area contributed by atoms with Gasteiger partial charge in [-0.3, -0.25) is 4.79 Å². The van der Waals surface area contributed by atoms with Crippen molar-refractivity contribution in [2.24, 2.45) is 0 Å². The molecule has 0 saturated carbocycles. The summed E-state index contributed by atoms with van der Waals surface area (Å²) in [5, 5.41) is 0.112. The zero-order chi connectivity index (χ0) is 19.6. The Labute approximate surface area is 171 Å². The Morgan fingerprint density at radius 1 is 1.31 bits per heavy atom. The lowest BCUT2D eigenvalue weighted by molar-refractivity contribution is 0.0156. The van der Waals surface area contributed by atoms with E-state index in [1.165, 1.54) is 12.1 Å². The molecule has 1 aromatic carbocycles. The highest BCUT2D eigenvalue weighted by atomic mass is 127. The van der Waals surface area contributed by atoms with Gasteiger partial charge in [-0.25, -0.2) is 9.18 Å². The number of nitrogens with zero attached hydrogens (tertiary/aromatic N) is 2. The van der Waals surface area contributed by atoms with Crippen LogP contribution in [0.5, 0.6) is 0 Å². The van der Waals surface area contributed by atoms with E-state index < -0.39 is 11.4 Å². The Bertz CT molecular complexity index is 700. The van der Waals surface area contributed by atoms with Crippen LogP contribution in [0, 0.1) is 9.39 Å². The minimum atomic E-state index is -0.543. The van der Waals surface area contributed by atoms with Gasteiger partial charge in [0.25, 0.3) is 5.91 Å². The first-order valence-electron chi connectivity index (χ1n) is 8.39. The molecule has 0 radical (unpaired) electrons. The lowest BCUT2D eigenvalue weighted by atomic mass is 10.0. The highest BCUT2D eigenvalue weighted by Crippen LogP contribution is 2.25. The first-order chi connectivity index (χ1) is 12.0. The van der Waals surface area contributed by atoms with Gasteiger partial charge in [-0.2, -0.15) is 0 Å². The quantitative estimate of drug-likeness (QED) is 0.446. The molecule has 1 saturated heterocycles. The average Bonchev–Trinajstić information content (AvgIpc) is 2.55. The number of amides is 2. The molecule has 0 spiro atoms. The van der Waals surface area contributed by atoms with E-state index in [2.05, 4.69) is 0 Å². The molecule has 8 heteroatoms. The van der Waals surface area contributed by atoms with Gasteiger partial charge in [-0.15, -0.1) is 0 Å². The molecule has 5 nitrogen and oxygen atoms in total. The van der Waals surface area contributed by atoms with Crippen molar-refractivity contribution >= 4 is 46.2 Å². The third kappa shape index (κ3) is 5.22. The van der Waals surface area contributed by atoms with Gasteiger partial charge >= 0.3 is 6.09 Å². The first kappa shape index (κ1) is 21.2. The third-order valence-electron chi connectivity index (χ3n) is 4.22. The number of halogens is 3. The fourth-order valence-electron chi connectivity index (χ4n) is 2.80. The van der Waals surface area contributed by atoms with Crippen LogP contribution in [0.3, 0.4) is 0 Å². The molecule has 2 amide bonds. The van der Waals surface area contributed by atoms with Gasteiger partial charge in [-0.05, 0) is 68.3 Å². The monoisotopic (exact) mass is 496 g/mol. The maximum absolute atomic E-state index is 13.5. The fraction of sp³-hybridized carbons (Fsp3) is 0.556. The van der Waals surface area contributed by atoms with E-state index in [0.717, 1.165) is 0 Å². The molecule has 144 valence electrons. The number of carbonyl (C=O) groups excluding carboxylic acids is 2. The van der Waals surface area contributed by atoms with Crippen molar-refractivity contribution in [2.45, 2.75) is 45.3 Å². The fourth-order valence-corrected chi connectivity index (χ4v) is 3.49. The number of likely N-dealkylation sites (tertiary alicyclic amines) is 1. The largest absolute Gasteiger partial charge is 0.444 e.